The Morgan fingerprint density at radius 1 is 0.705 bits per heavy atom. The minimum atomic E-state index is -4.15. The van der Waals surface area contributed by atoms with Gasteiger partial charge in [0.2, 0.25) is 20.0 Å². The fraction of sp³-hybridized carbons (Fsp3) is 0. The van der Waals surface area contributed by atoms with Crippen molar-refractivity contribution in [3.05, 3.63) is 117 Å². The minimum absolute atomic E-state index is 0. The molecular weight excluding hydrogens is 881 g/mol. The number of hydrogen-bond donors (Lipinski definition) is 2. The summed E-state index contributed by atoms with van der Waals surface area (Å²) in [7, 11) is -8.18. The first-order chi connectivity index (χ1) is 19.9. The number of nitro benzene ring substituents is 2. The summed E-state index contributed by atoms with van der Waals surface area (Å²) in [5.41, 5.74) is -0.757. The summed E-state index contributed by atoms with van der Waals surface area (Å²) >= 11 is 9.68. The van der Waals surface area contributed by atoms with Crippen LogP contribution in [0.25, 0.3) is 0 Å². The van der Waals surface area contributed by atoms with Gasteiger partial charge in [0.1, 0.15) is 21.3 Å². The summed E-state index contributed by atoms with van der Waals surface area (Å²) in [6.07, 6.45) is 0. The van der Waals surface area contributed by atoms with Crippen LogP contribution >= 0.6 is 56.8 Å². The van der Waals surface area contributed by atoms with E-state index >= 15 is 0 Å². The van der Waals surface area contributed by atoms with Crippen LogP contribution < -0.4 is 49.7 Å². The molecule has 20 heteroatoms. The van der Waals surface area contributed by atoms with E-state index in [9.17, 15) is 42.2 Å². The van der Waals surface area contributed by atoms with Crippen molar-refractivity contribution >= 4 is 88.2 Å². The molecule has 4 N–H and O–H groups in total. The number of primary sulfonamides is 2. The van der Waals surface area contributed by atoms with Crippen LogP contribution in [-0.4, -0.2) is 26.7 Å². The van der Waals surface area contributed by atoms with Gasteiger partial charge in [-0.15, -0.1) is 5.75 Å². The van der Waals surface area contributed by atoms with Crippen LogP contribution in [0.2, 0.25) is 5.02 Å². The molecule has 0 radical (unpaired) electrons. The van der Waals surface area contributed by atoms with E-state index < -0.39 is 39.7 Å². The molecule has 0 saturated heterocycles. The van der Waals surface area contributed by atoms with Gasteiger partial charge in [0, 0.05) is 31.4 Å². The van der Waals surface area contributed by atoms with E-state index in [1.54, 1.807) is 36.4 Å². The summed E-state index contributed by atoms with van der Waals surface area (Å²) in [6.45, 7) is 0. The molecule has 0 spiro atoms. The molecule has 0 aliphatic heterocycles. The number of halogens is 3. The second-order valence-electron chi connectivity index (χ2n) is 7.87. The predicted molar refractivity (Wildman–Crippen MR) is 172 cm³/mol. The van der Waals surface area contributed by atoms with Crippen LogP contribution in [0.4, 0.5) is 11.4 Å². The van der Waals surface area contributed by atoms with Crippen molar-refractivity contribution in [3.63, 3.8) is 0 Å². The minimum Gasteiger partial charge on any atom is -0.872 e. The normalized spacial score (nSPS) is 10.6. The van der Waals surface area contributed by atoms with Gasteiger partial charge in [-0.1, -0.05) is 35.9 Å². The third-order valence-corrected chi connectivity index (χ3v) is 8.36. The summed E-state index contributed by atoms with van der Waals surface area (Å²) in [4.78, 5) is 18.7. The number of rotatable bonds is 6. The third-order valence-electron chi connectivity index (χ3n) is 4.70. The summed E-state index contributed by atoms with van der Waals surface area (Å²) in [5.74, 6) is 0.419. The molecule has 0 unspecified atom stereocenters. The molecule has 4 aromatic rings. The van der Waals surface area contributed by atoms with Gasteiger partial charge in [-0.3, -0.25) is 20.2 Å². The average molecular weight is 899 g/mol. The van der Waals surface area contributed by atoms with E-state index in [0.29, 0.717) is 5.75 Å². The van der Waals surface area contributed by atoms with Gasteiger partial charge in [0.25, 0.3) is 11.4 Å². The number of non-ortho nitro benzene ring substituents is 2. The van der Waals surface area contributed by atoms with Gasteiger partial charge in [-0.05, 0) is 81.6 Å². The number of sulfonamides is 2. The molecule has 0 fully saturated rings. The third kappa shape index (κ3) is 13.1. The fourth-order valence-electron chi connectivity index (χ4n) is 2.87. The smallest absolute Gasteiger partial charge is 0.872 e. The van der Waals surface area contributed by atoms with E-state index in [1.165, 1.54) is 6.07 Å². The molecule has 0 heterocycles. The molecule has 0 aliphatic carbocycles. The molecule has 228 valence electrons. The second kappa shape index (κ2) is 17.5. The Morgan fingerprint density at radius 3 is 1.61 bits per heavy atom. The number of ether oxygens (including phenoxy) is 1. The molecular formula is C24H18ClI2N4NaO10S2. The van der Waals surface area contributed by atoms with Gasteiger partial charge in [0.15, 0.2) is 0 Å². The van der Waals surface area contributed by atoms with E-state index in [1.807, 2.05) is 12.1 Å². The monoisotopic (exact) mass is 898 g/mol. The maximum Gasteiger partial charge on any atom is 1.00 e. The van der Waals surface area contributed by atoms with Crippen molar-refractivity contribution in [2.45, 2.75) is 9.79 Å². The molecule has 0 atom stereocenters. The van der Waals surface area contributed by atoms with E-state index in [4.69, 9.17) is 26.6 Å². The first-order valence-corrected chi connectivity index (χ1v) is 16.7. The average Bonchev–Trinajstić information content (AvgIpc) is 2.88. The first-order valence-electron chi connectivity index (χ1n) is 11.0. The van der Waals surface area contributed by atoms with Crippen molar-refractivity contribution in [2.75, 3.05) is 0 Å². The van der Waals surface area contributed by atoms with Crippen LogP contribution in [-0.2, 0) is 20.0 Å². The standard InChI is InChI=1S/C12H9IN2O5S.C6H5ClN2O4S.C6H5IO.Na/c13-8-2-1-3-10(6-8)20-11-5-4-9(15(16)17)7-12(11)21(14,18)19;7-5-2-1-4(9(10)11)3-6(5)14(8,12)13;7-5-2-1-3-6(8)4-5;/h1-7H,(H2,14,18,19);1-3H,(H2,8,12,13);1-4,8H;/q;;;+1/p-1. The maximum absolute atomic E-state index is 11.6. The van der Waals surface area contributed by atoms with Crippen molar-refractivity contribution in [1.29, 1.82) is 0 Å². The molecule has 0 bridgehead atoms. The Balaban J connectivity index is 0.000000362. The van der Waals surface area contributed by atoms with Crippen molar-refractivity contribution in [3.8, 4) is 17.2 Å². The molecule has 4 aromatic carbocycles. The molecule has 4 rings (SSSR count). The van der Waals surface area contributed by atoms with Gasteiger partial charge >= 0.3 is 29.6 Å². The molecule has 0 aromatic heterocycles. The van der Waals surface area contributed by atoms with Crippen LogP contribution in [0.15, 0.2) is 94.7 Å². The quantitative estimate of drug-likeness (QED) is 0.123. The van der Waals surface area contributed by atoms with Gasteiger partial charge < -0.3 is 9.84 Å². The zero-order chi connectivity index (χ0) is 32.5. The van der Waals surface area contributed by atoms with Crippen LogP contribution in [0.5, 0.6) is 17.2 Å². The number of nitrogens with two attached hydrogens (primary N) is 2. The van der Waals surface area contributed by atoms with Crippen molar-refractivity contribution in [2.24, 2.45) is 10.3 Å². The Kier molecular flexibility index (Phi) is 15.9. The van der Waals surface area contributed by atoms with E-state index in [2.05, 4.69) is 45.2 Å². The van der Waals surface area contributed by atoms with E-state index in [-0.39, 0.29) is 57.5 Å². The van der Waals surface area contributed by atoms with Gasteiger partial charge in [-0.25, -0.2) is 27.1 Å². The predicted octanol–water partition coefficient (Wildman–Crippen LogP) is 1.90. The maximum atomic E-state index is 11.6. The van der Waals surface area contributed by atoms with Crippen LogP contribution in [0, 0.1) is 27.4 Å². The zero-order valence-corrected chi connectivity index (χ0v) is 30.9. The molecule has 14 nitrogen and oxygen atoms in total. The van der Waals surface area contributed by atoms with Crippen molar-refractivity contribution < 1.29 is 66.1 Å². The van der Waals surface area contributed by atoms with Gasteiger partial charge in [-0.2, -0.15) is 0 Å². The van der Waals surface area contributed by atoms with Crippen LogP contribution in [0.3, 0.4) is 0 Å². The number of nitro groups is 2. The Morgan fingerprint density at radius 2 is 1.18 bits per heavy atom. The van der Waals surface area contributed by atoms with Gasteiger partial charge in [0.05, 0.1) is 14.9 Å². The summed E-state index contributed by atoms with van der Waals surface area (Å²) in [5, 5.41) is 41.3. The molecule has 0 saturated carbocycles. The number of nitrogens with zero attached hydrogens (tertiary/aromatic N) is 2. The topological polar surface area (TPSA) is 239 Å². The van der Waals surface area contributed by atoms with Crippen LogP contribution in [0.1, 0.15) is 0 Å². The van der Waals surface area contributed by atoms with E-state index in [0.717, 1.165) is 37.5 Å². The molecule has 44 heavy (non-hydrogen) atoms. The Labute approximate surface area is 305 Å². The summed E-state index contributed by atoms with van der Waals surface area (Å²) in [6, 6.07) is 19.9. The zero-order valence-electron chi connectivity index (χ0n) is 22.2. The number of hydrogen-bond acceptors (Lipinski definition) is 10. The molecule has 0 aliphatic rings. The fourth-order valence-corrected chi connectivity index (χ4v) is 5.63. The first kappa shape index (κ1) is 39.9. The van der Waals surface area contributed by atoms with Crippen molar-refractivity contribution in [1.82, 2.24) is 0 Å². The Hall–Kier alpha value is -2.15. The number of benzene rings is 4. The Bertz CT molecular complexity index is 1870. The summed E-state index contributed by atoms with van der Waals surface area (Å²) < 4.78 is 52.3. The SMILES string of the molecule is NS(=O)(=O)c1cc([N+](=O)[O-])ccc1Cl.NS(=O)(=O)c1cc([N+](=O)[O-])ccc1Oc1cccc(I)c1.[Na+].[O-]c1cccc(I)c1. The largest absolute Gasteiger partial charge is 1.00 e. The second-order valence-corrected chi connectivity index (χ2v) is 13.8. The molecule has 0 amide bonds.